The molecule has 2 aromatic carbocycles. The molecule has 1 saturated heterocycles. The normalized spacial score (nSPS) is 18.2. The second-order valence-electron chi connectivity index (χ2n) is 4.48. The van der Waals surface area contributed by atoms with E-state index in [0.29, 0.717) is 11.4 Å². The first-order valence-corrected chi connectivity index (χ1v) is 6.34. The van der Waals surface area contributed by atoms with Crippen LogP contribution in [0.25, 0.3) is 0 Å². The summed E-state index contributed by atoms with van der Waals surface area (Å²) in [4.78, 5) is 37.9. The van der Waals surface area contributed by atoms with Crippen molar-refractivity contribution in [3.63, 3.8) is 0 Å². The zero-order valence-electron chi connectivity index (χ0n) is 10.9. The van der Waals surface area contributed by atoms with Crippen LogP contribution in [-0.4, -0.2) is 18.1 Å². The minimum atomic E-state index is -1.37. The molecule has 6 nitrogen and oxygen atoms in total. The average molecular weight is 281 g/mol. The first-order valence-electron chi connectivity index (χ1n) is 6.34. The molecule has 0 unspecified atom stereocenters. The number of urea groups is 1. The molecule has 1 fully saturated rings. The number of hydrogen-bond acceptors (Lipinski definition) is 4. The summed E-state index contributed by atoms with van der Waals surface area (Å²) in [6.07, 6.45) is -1.37. The fourth-order valence-corrected chi connectivity index (χ4v) is 2.28. The molecule has 6 heteroatoms. The van der Waals surface area contributed by atoms with Gasteiger partial charge in [0.2, 0.25) is 0 Å². The van der Waals surface area contributed by atoms with Crippen LogP contribution in [0.3, 0.4) is 0 Å². The summed E-state index contributed by atoms with van der Waals surface area (Å²) in [6.45, 7) is 0. The SMILES string of the molecule is O=N[C@H]1C(=O)N(c2ccccc2)C(=O)N1c1ccccc1. The molecular weight excluding hydrogens is 270 g/mol. The first kappa shape index (κ1) is 13.0. The van der Waals surface area contributed by atoms with Crippen LogP contribution in [0, 0.1) is 4.91 Å². The minimum Gasteiger partial charge on any atom is -0.269 e. The second-order valence-corrected chi connectivity index (χ2v) is 4.48. The molecule has 0 N–H and O–H groups in total. The van der Waals surface area contributed by atoms with Gasteiger partial charge in [-0.15, -0.1) is 4.91 Å². The topological polar surface area (TPSA) is 70.0 Å². The highest BCUT2D eigenvalue weighted by atomic mass is 16.3. The van der Waals surface area contributed by atoms with E-state index in [1.54, 1.807) is 60.7 Å². The van der Waals surface area contributed by atoms with E-state index in [-0.39, 0.29) is 0 Å². The molecule has 1 aliphatic rings. The Hall–Kier alpha value is -3.02. The largest absolute Gasteiger partial charge is 0.338 e. The fraction of sp³-hybridized carbons (Fsp3) is 0.0667. The maximum absolute atomic E-state index is 12.5. The van der Waals surface area contributed by atoms with Gasteiger partial charge in [0.05, 0.1) is 5.69 Å². The van der Waals surface area contributed by atoms with Gasteiger partial charge in [-0.3, -0.25) is 9.69 Å². The third-order valence-electron chi connectivity index (χ3n) is 3.23. The van der Waals surface area contributed by atoms with Gasteiger partial charge < -0.3 is 0 Å². The average Bonchev–Trinajstić information content (AvgIpc) is 2.79. The van der Waals surface area contributed by atoms with Gasteiger partial charge in [-0.25, -0.2) is 9.69 Å². The van der Waals surface area contributed by atoms with Crippen molar-refractivity contribution in [3.05, 3.63) is 65.6 Å². The first-order chi connectivity index (χ1) is 10.2. The minimum absolute atomic E-state index is 0.416. The Morgan fingerprint density at radius 3 is 1.86 bits per heavy atom. The van der Waals surface area contributed by atoms with Gasteiger partial charge in [0.1, 0.15) is 0 Å². The van der Waals surface area contributed by atoms with E-state index in [9.17, 15) is 14.5 Å². The number of nitroso groups, excluding NO2 is 1. The van der Waals surface area contributed by atoms with Crippen molar-refractivity contribution in [2.45, 2.75) is 6.17 Å². The summed E-state index contributed by atoms with van der Waals surface area (Å²) in [5.41, 5.74) is 0.874. The standard InChI is InChI=1S/C15H11N3O3/c19-14-13(16-21)17(11-7-3-1-4-8-11)15(20)18(14)12-9-5-2-6-10-12/h1-10,13H/t13-/m1/s1. The Morgan fingerprint density at radius 1 is 0.810 bits per heavy atom. The molecule has 0 aliphatic carbocycles. The lowest BCUT2D eigenvalue weighted by molar-refractivity contribution is -0.117. The van der Waals surface area contributed by atoms with E-state index in [2.05, 4.69) is 5.18 Å². The summed E-state index contributed by atoms with van der Waals surface area (Å²) in [7, 11) is 0. The molecule has 2 aromatic rings. The van der Waals surface area contributed by atoms with Crippen LogP contribution in [0.4, 0.5) is 16.2 Å². The number of benzene rings is 2. The quantitative estimate of drug-likeness (QED) is 0.641. The molecule has 21 heavy (non-hydrogen) atoms. The van der Waals surface area contributed by atoms with Crippen molar-refractivity contribution in [1.82, 2.24) is 0 Å². The van der Waals surface area contributed by atoms with Gasteiger partial charge in [-0.2, -0.15) is 0 Å². The zero-order chi connectivity index (χ0) is 14.8. The van der Waals surface area contributed by atoms with Crippen molar-refractivity contribution in [2.75, 3.05) is 9.80 Å². The molecule has 3 rings (SSSR count). The summed E-state index contributed by atoms with van der Waals surface area (Å²) in [6, 6.07) is 16.4. The highest BCUT2D eigenvalue weighted by molar-refractivity contribution is 6.28. The maximum atomic E-state index is 12.5. The molecule has 0 radical (unpaired) electrons. The van der Waals surface area contributed by atoms with Gasteiger partial charge in [0.15, 0.2) is 0 Å². The van der Waals surface area contributed by atoms with Crippen molar-refractivity contribution in [1.29, 1.82) is 0 Å². The molecule has 0 spiro atoms. The monoisotopic (exact) mass is 281 g/mol. The predicted molar refractivity (Wildman–Crippen MR) is 77.8 cm³/mol. The number of imide groups is 1. The van der Waals surface area contributed by atoms with Crippen molar-refractivity contribution in [2.24, 2.45) is 5.18 Å². The van der Waals surface area contributed by atoms with E-state index in [1.807, 2.05) is 0 Å². The Balaban J connectivity index is 2.05. The number of rotatable bonds is 3. The van der Waals surface area contributed by atoms with Crippen LogP contribution < -0.4 is 9.80 Å². The Bertz CT molecular complexity index is 688. The smallest absolute Gasteiger partial charge is 0.269 e. The number of carbonyl (C=O) groups is 2. The number of amides is 3. The lowest BCUT2D eigenvalue weighted by atomic mass is 10.3. The van der Waals surface area contributed by atoms with Crippen LogP contribution in [0.15, 0.2) is 65.8 Å². The van der Waals surface area contributed by atoms with Crippen LogP contribution in [0.5, 0.6) is 0 Å². The van der Waals surface area contributed by atoms with E-state index < -0.39 is 18.1 Å². The van der Waals surface area contributed by atoms with Crippen molar-refractivity contribution < 1.29 is 9.59 Å². The van der Waals surface area contributed by atoms with Crippen molar-refractivity contribution >= 4 is 23.3 Å². The van der Waals surface area contributed by atoms with Gasteiger partial charge in [-0.1, -0.05) is 36.4 Å². The van der Waals surface area contributed by atoms with Crippen LogP contribution in [0.1, 0.15) is 0 Å². The van der Waals surface area contributed by atoms with Crippen LogP contribution in [-0.2, 0) is 4.79 Å². The Morgan fingerprint density at radius 2 is 1.33 bits per heavy atom. The van der Waals surface area contributed by atoms with E-state index in [0.717, 1.165) is 9.80 Å². The van der Waals surface area contributed by atoms with E-state index >= 15 is 0 Å². The van der Waals surface area contributed by atoms with Gasteiger partial charge in [0.25, 0.3) is 12.1 Å². The summed E-state index contributed by atoms with van der Waals surface area (Å²) < 4.78 is 0. The number of hydrogen-bond donors (Lipinski definition) is 0. The van der Waals surface area contributed by atoms with E-state index in [1.165, 1.54) is 0 Å². The number of nitrogens with zero attached hydrogens (tertiary/aromatic N) is 3. The highest BCUT2D eigenvalue weighted by Crippen LogP contribution is 2.29. The Labute approximate surface area is 120 Å². The highest BCUT2D eigenvalue weighted by Gasteiger charge is 2.48. The number of anilines is 2. The van der Waals surface area contributed by atoms with Crippen LogP contribution >= 0.6 is 0 Å². The molecule has 3 amide bonds. The van der Waals surface area contributed by atoms with Crippen molar-refractivity contribution in [3.8, 4) is 0 Å². The fourth-order valence-electron chi connectivity index (χ4n) is 2.28. The summed E-state index contributed by atoms with van der Waals surface area (Å²) >= 11 is 0. The molecule has 0 aromatic heterocycles. The molecular formula is C15H11N3O3. The third-order valence-corrected chi connectivity index (χ3v) is 3.23. The molecule has 1 aliphatic heterocycles. The second kappa shape index (κ2) is 5.16. The zero-order valence-corrected chi connectivity index (χ0v) is 10.9. The number of carbonyl (C=O) groups excluding carboxylic acids is 2. The molecule has 1 heterocycles. The predicted octanol–water partition coefficient (Wildman–Crippen LogP) is 2.75. The van der Waals surface area contributed by atoms with Crippen LogP contribution in [0.2, 0.25) is 0 Å². The molecule has 0 bridgehead atoms. The third kappa shape index (κ3) is 2.06. The van der Waals surface area contributed by atoms with Gasteiger partial charge >= 0.3 is 6.03 Å². The molecule has 1 atom stereocenters. The number of para-hydroxylation sites is 2. The molecule has 0 saturated carbocycles. The Kier molecular flexibility index (Phi) is 3.19. The van der Waals surface area contributed by atoms with E-state index in [4.69, 9.17) is 0 Å². The summed E-state index contributed by atoms with van der Waals surface area (Å²) in [5.74, 6) is -0.648. The lowest BCUT2D eigenvalue weighted by Crippen LogP contribution is -2.34. The maximum Gasteiger partial charge on any atom is 0.338 e. The van der Waals surface area contributed by atoms with Gasteiger partial charge in [-0.05, 0) is 29.4 Å². The van der Waals surface area contributed by atoms with Gasteiger partial charge in [0, 0.05) is 5.69 Å². The summed E-state index contributed by atoms with van der Waals surface area (Å²) in [5, 5.41) is 2.82. The molecule has 104 valence electrons. The lowest BCUT2D eigenvalue weighted by Gasteiger charge is -2.17.